The average Bonchev–Trinajstić information content (AvgIpc) is 2.71. The Morgan fingerprint density at radius 2 is 1.25 bits per heavy atom. The molecule has 3 heteroatoms. The van der Waals surface area contributed by atoms with Crippen LogP contribution in [-0.4, -0.2) is 20.3 Å². The minimum Gasteiger partial charge on any atom is -0.493 e. The molecule has 0 radical (unpaired) electrons. The number of rotatable bonds is 19. The molecular weight excluding hydrogens is 346 g/mol. The SMILES string of the molecule is CCCCCCCCCCCCCCCCOc1ccc(CCN)cc1OC. The second-order valence-corrected chi connectivity index (χ2v) is 7.97. The van der Waals surface area contributed by atoms with Gasteiger partial charge in [0, 0.05) is 0 Å². The number of benzene rings is 1. The van der Waals surface area contributed by atoms with Crippen LogP contribution in [0.15, 0.2) is 18.2 Å². The van der Waals surface area contributed by atoms with Crippen molar-refractivity contribution < 1.29 is 9.47 Å². The molecule has 1 rings (SSSR count). The van der Waals surface area contributed by atoms with Crippen LogP contribution >= 0.6 is 0 Å². The van der Waals surface area contributed by atoms with Gasteiger partial charge >= 0.3 is 0 Å². The molecule has 0 saturated heterocycles. The van der Waals surface area contributed by atoms with Crippen LogP contribution in [0.25, 0.3) is 0 Å². The highest BCUT2D eigenvalue weighted by atomic mass is 16.5. The molecule has 0 spiro atoms. The minimum atomic E-state index is 0.655. The van der Waals surface area contributed by atoms with E-state index in [-0.39, 0.29) is 0 Å². The second kappa shape index (κ2) is 17.8. The van der Waals surface area contributed by atoms with Gasteiger partial charge in [-0.15, -0.1) is 0 Å². The molecule has 1 aromatic carbocycles. The van der Waals surface area contributed by atoms with Gasteiger partial charge in [0.2, 0.25) is 0 Å². The molecule has 0 aliphatic heterocycles. The van der Waals surface area contributed by atoms with Crippen LogP contribution in [0.1, 0.15) is 102 Å². The molecule has 0 unspecified atom stereocenters. The Balaban J connectivity index is 1.94. The second-order valence-electron chi connectivity index (χ2n) is 7.97. The van der Waals surface area contributed by atoms with E-state index in [1.54, 1.807) is 7.11 Å². The summed E-state index contributed by atoms with van der Waals surface area (Å²) >= 11 is 0. The highest BCUT2D eigenvalue weighted by molar-refractivity contribution is 5.43. The molecule has 2 N–H and O–H groups in total. The smallest absolute Gasteiger partial charge is 0.161 e. The molecule has 0 saturated carbocycles. The van der Waals surface area contributed by atoms with E-state index < -0.39 is 0 Å². The van der Waals surface area contributed by atoms with E-state index in [1.807, 2.05) is 12.1 Å². The molecule has 3 nitrogen and oxygen atoms in total. The lowest BCUT2D eigenvalue weighted by molar-refractivity contribution is 0.284. The first-order valence-corrected chi connectivity index (χ1v) is 11.8. The number of ether oxygens (including phenoxy) is 2. The zero-order valence-electron chi connectivity index (χ0n) is 18.6. The predicted molar refractivity (Wildman–Crippen MR) is 122 cm³/mol. The average molecular weight is 392 g/mol. The fraction of sp³-hybridized carbons (Fsp3) is 0.760. The molecular formula is C25H45NO2. The third kappa shape index (κ3) is 12.3. The molecule has 162 valence electrons. The first kappa shape index (κ1) is 24.8. The van der Waals surface area contributed by atoms with Gasteiger partial charge in [0.25, 0.3) is 0 Å². The summed E-state index contributed by atoms with van der Waals surface area (Å²) in [6, 6.07) is 6.12. The van der Waals surface area contributed by atoms with E-state index in [0.717, 1.165) is 30.9 Å². The molecule has 28 heavy (non-hydrogen) atoms. The Labute approximate surface area is 174 Å². The number of unbranched alkanes of at least 4 members (excludes halogenated alkanes) is 13. The summed E-state index contributed by atoms with van der Waals surface area (Å²) in [6.07, 6.45) is 20.1. The Kier molecular flexibility index (Phi) is 15.8. The first-order chi connectivity index (χ1) is 13.8. The number of hydrogen-bond donors (Lipinski definition) is 1. The molecule has 0 aliphatic rings. The Morgan fingerprint density at radius 3 is 1.75 bits per heavy atom. The van der Waals surface area contributed by atoms with Crippen molar-refractivity contribution in [3.8, 4) is 11.5 Å². The third-order valence-electron chi connectivity index (χ3n) is 5.42. The summed E-state index contributed by atoms with van der Waals surface area (Å²) in [6.45, 7) is 3.71. The Morgan fingerprint density at radius 1 is 0.714 bits per heavy atom. The van der Waals surface area contributed by atoms with Crippen LogP contribution in [0, 0.1) is 0 Å². The van der Waals surface area contributed by atoms with Crippen molar-refractivity contribution in [1.82, 2.24) is 0 Å². The number of nitrogens with two attached hydrogens (primary N) is 1. The summed E-state index contributed by atoms with van der Waals surface area (Å²) in [7, 11) is 1.70. The highest BCUT2D eigenvalue weighted by Crippen LogP contribution is 2.28. The molecule has 0 fully saturated rings. The predicted octanol–water partition coefficient (Wildman–Crippen LogP) is 7.06. The molecule has 0 amide bonds. The first-order valence-electron chi connectivity index (χ1n) is 11.8. The Hall–Kier alpha value is -1.22. The normalized spacial score (nSPS) is 11.0. The summed E-state index contributed by atoms with van der Waals surface area (Å²) in [5.74, 6) is 1.66. The van der Waals surface area contributed by atoms with E-state index in [0.29, 0.717) is 6.54 Å². The molecule has 1 aromatic rings. The van der Waals surface area contributed by atoms with Crippen LogP contribution in [0.5, 0.6) is 11.5 Å². The fourth-order valence-electron chi connectivity index (χ4n) is 3.63. The van der Waals surface area contributed by atoms with Gasteiger partial charge in [-0.3, -0.25) is 0 Å². The maximum atomic E-state index is 5.91. The van der Waals surface area contributed by atoms with E-state index in [4.69, 9.17) is 15.2 Å². The maximum absolute atomic E-state index is 5.91. The van der Waals surface area contributed by atoms with Gasteiger partial charge in [-0.25, -0.2) is 0 Å². The van der Waals surface area contributed by atoms with Gasteiger partial charge in [-0.1, -0.05) is 96.5 Å². The van der Waals surface area contributed by atoms with Gasteiger partial charge in [0.15, 0.2) is 11.5 Å². The van der Waals surface area contributed by atoms with Gasteiger partial charge < -0.3 is 15.2 Å². The molecule has 0 aliphatic carbocycles. The maximum Gasteiger partial charge on any atom is 0.161 e. The van der Waals surface area contributed by atoms with E-state index in [2.05, 4.69) is 13.0 Å². The summed E-state index contributed by atoms with van der Waals surface area (Å²) in [5.41, 5.74) is 6.81. The van der Waals surface area contributed by atoms with Crippen molar-refractivity contribution in [1.29, 1.82) is 0 Å². The van der Waals surface area contributed by atoms with Crippen LogP contribution in [0.2, 0.25) is 0 Å². The zero-order chi connectivity index (χ0) is 20.3. The van der Waals surface area contributed by atoms with Gasteiger partial charge in [0.1, 0.15) is 0 Å². The van der Waals surface area contributed by atoms with Crippen LogP contribution in [-0.2, 0) is 6.42 Å². The summed E-state index contributed by atoms with van der Waals surface area (Å²) in [5, 5.41) is 0. The molecule has 0 aromatic heterocycles. The van der Waals surface area contributed by atoms with Crippen molar-refractivity contribution in [2.45, 2.75) is 103 Å². The van der Waals surface area contributed by atoms with E-state index in [9.17, 15) is 0 Å². The van der Waals surface area contributed by atoms with Crippen molar-refractivity contribution in [3.63, 3.8) is 0 Å². The van der Waals surface area contributed by atoms with Crippen LogP contribution in [0.3, 0.4) is 0 Å². The number of hydrogen-bond acceptors (Lipinski definition) is 3. The van der Waals surface area contributed by atoms with Crippen molar-refractivity contribution in [3.05, 3.63) is 23.8 Å². The van der Waals surface area contributed by atoms with Crippen molar-refractivity contribution >= 4 is 0 Å². The highest BCUT2D eigenvalue weighted by Gasteiger charge is 2.05. The third-order valence-corrected chi connectivity index (χ3v) is 5.42. The van der Waals surface area contributed by atoms with E-state index >= 15 is 0 Å². The lowest BCUT2D eigenvalue weighted by atomic mass is 10.0. The zero-order valence-corrected chi connectivity index (χ0v) is 18.6. The summed E-state index contributed by atoms with van der Waals surface area (Å²) < 4.78 is 11.4. The van der Waals surface area contributed by atoms with Gasteiger partial charge in [0.05, 0.1) is 13.7 Å². The van der Waals surface area contributed by atoms with Crippen LogP contribution in [0.4, 0.5) is 0 Å². The molecule has 0 heterocycles. The van der Waals surface area contributed by atoms with Crippen molar-refractivity contribution in [2.75, 3.05) is 20.3 Å². The Bertz CT molecular complexity index is 476. The topological polar surface area (TPSA) is 44.5 Å². The molecule has 0 bridgehead atoms. The van der Waals surface area contributed by atoms with Gasteiger partial charge in [-0.05, 0) is 37.1 Å². The monoisotopic (exact) mass is 391 g/mol. The standard InChI is InChI=1S/C25H45NO2/c1-3-4-5-6-7-8-9-10-11-12-13-14-15-16-21-28-24-18-17-23(19-20-26)22-25(24)27-2/h17-18,22H,3-16,19-21,26H2,1-2H3. The number of methoxy groups -OCH3 is 1. The summed E-state index contributed by atoms with van der Waals surface area (Å²) in [4.78, 5) is 0. The largest absolute Gasteiger partial charge is 0.493 e. The molecule has 0 atom stereocenters. The minimum absolute atomic E-state index is 0.655. The fourth-order valence-corrected chi connectivity index (χ4v) is 3.63. The van der Waals surface area contributed by atoms with Crippen molar-refractivity contribution in [2.24, 2.45) is 5.73 Å². The lowest BCUT2D eigenvalue weighted by Crippen LogP contribution is -2.04. The quantitative estimate of drug-likeness (QED) is 0.257. The van der Waals surface area contributed by atoms with E-state index in [1.165, 1.54) is 89.0 Å². The van der Waals surface area contributed by atoms with Gasteiger partial charge in [-0.2, -0.15) is 0 Å². The van der Waals surface area contributed by atoms with Crippen LogP contribution < -0.4 is 15.2 Å². The lowest BCUT2D eigenvalue weighted by Gasteiger charge is -2.12.